The number of carbonyl (C=O) groups is 1. The Kier molecular flexibility index (Phi) is 6.45. The minimum atomic E-state index is -0.582. The van der Waals surface area contributed by atoms with Gasteiger partial charge < -0.3 is 9.15 Å². The van der Waals surface area contributed by atoms with Crippen LogP contribution in [0.4, 0.5) is 5.69 Å². The third-order valence-corrected chi connectivity index (χ3v) is 6.98. The number of nitro groups is 1. The number of nitrogens with one attached hydrogen (secondary N) is 1. The standard InChI is InChI=1S/C26H21N5O5S/c1-3-18(15-7-5-4-6-8-15)25-29-30-23(27)20(24(32)28-26(30)37-25)13-17-10-12-22(36-17)19-11-9-16(35-2)14-21(19)31(33)34/h4-14,18,27H,3H2,1-2H3/b20-13+,27-23?/t18-/m1/s1. The average molecular weight is 516 g/mol. The van der Waals surface area contributed by atoms with Crippen LogP contribution in [0.2, 0.25) is 0 Å². The van der Waals surface area contributed by atoms with Gasteiger partial charge in [-0.3, -0.25) is 20.3 Å². The molecule has 11 heteroatoms. The van der Waals surface area contributed by atoms with Crippen molar-refractivity contribution < 1.29 is 18.9 Å². The van der Waals surface area contributed by atoms with Crippen LogP contribution in [0.15, 0.2) is 80.7 Å². The quantitative estimate of drug-likeness (QED) is 0.243. The van der Waals surface area contributed by atoms with Crippen molar-refractivity contribution in [2.24, 2.45) is 10.1 Å². The summed E-state index contributed by atoms with van der Waals surface area (Å²) in [6, 6.07) is 17.5. The summed E-state index contributed by atoms with van der Waals surface area (Å²) in [5, 5.41) is 27.3. The maximum atomic E-state index is 12.8. The summed E-state index contributed by atoms with van der Waals surface area (Å²) < 4.78 is 10.9. The third kappa shape index (κ3) is 4.56. The number of aliphatic imine (C=N–C) groups is 1. The molecule has 1 N–H and O–H groups in total. The molecule has 186 valence electrons. The average Bonchev–Trinajstić information content (AvgIpc) is 3.54. The number of hydrazone groups is 1. The molecule has 0 radical (unpaired) electrons. The summed E-state index contributed by atoms with van der Waals surface area (Å²) in [5.74, 6) is 0.155. The molecule has 1 amide bonds. The Balaban J connectivity index is 1.44. The Morgan fingerprint density at radius 1 is 1.22 bits per heavy atom. The fourth-order valence-corrected chi connectivity index (χ4v) is 5.20. The van der Waals surface area contributed by atoms with Gasteiger partial charge in [-0.15, -0.1) is 0 Å². The van der Waals surface area contributed by atoms with Gasteiger partial charge in [-0.2, -0.15) is 15.1 Å². The number of ether oxygens (including phenoxy) is 1. The lowest BCUT2D eigenvalue weighted by Gasteiger charge is -2.19. The molecule has 1 atom stereocenters. The van der Waals surface area contributed by atoms with Crippen molar-refractivity contribution >= 4 is 45.5 Å². The van der Waals surface area contributed by atoms with Crippen molar-refractivity contribution in [1.82, 2.24) is 5.01 Å². The van der Waals surface area contributed by atoms with E-state index in [1.54, 1.807) is 18.2 Å². The van der Waals surface area contributed by atoms with Crippen molar-refractivity contribution in [2.45, 2.75) is 19.3 Å². The first kappa shape index (κ1) is 24.2. The van der Waals surface area contributed by atoms with Gasteiger partial charge in [-0.1, -0.05) is 37.3 Å². The zero-order valence-corrected chi connectivity index (χ0v) is 20.7. The Morgan fingerprint density at radius 3 is 2.70 bits per heavy atom. The minimum Gasteiger partial charge on any atom is -0.497 e. The highest BCUT2D eigenvalue weighted by atomic mass is 32.2. The summed E-state index contributed by atoms with van der Waals surface area (Å²) in [6.07, 6.45) is 2.20. The molecule has 1 aromatic heterocycles. The molecule has 0 spiro atoms. The van der Waals surface area contributed by atoms with Crippen molar-refractivity contribution in [3.05, 3.63) is 87.7 Å². The second kappa shape index (κ2) is 9.86. The Hall–Kier alpha value is -4.51. The van der Waals surface area contributed by atoms with E-state index >= 15 is 0 Å². The lowest BCUT2D eigenvalue weighted by molar-refractivity contribution is -0.384. The highest BCUT2D eigenvalue weighted by Crippen LogP contribution is 2.37. The summed E-state index contributed by atoms with van der Waals surface area (Å²) in [4.78, 5) is 28.0. The number of hydrogen-bond donors (Lipinski definition) is 1. The van der Waals surface area contributed by atoms with Crippen molar-refractivity contribution in [1.29, 1.82) is 5.41 Å². The molecular weight excluding hydrogens is 494 g/mol. The predicted octanol–water partition coefficient (Wildman–Crippen LogP) is 5.68. The number of thioether (sulfide) groups is 1. The molecule has 0 bridgehead atoms. The smallest absolute Gasteiger partial charge is 0.284 e. The summed E-state index contributed by atoms with van der Waals surface area (Å²) >= 11 is 1.29. The molecule has 2 aliphatic rings. The van der Waals surface area contributed by atoms with Gasteiger partial charge in [0, 0.05) is 5.92 Å². The fraction of sp³-hybridized carbons (Fsp3) is 0.154. The third-order valence-electron chi connectivity index (χ3n) is 5.96. The van der Waals surface area contributed by atoms with Gasteiger partial charge in [0.25, 0.3) is 11.6 Å². The second-order valence-corrected chi connectivity index (χ2v) is 9.16. The van der Waals surface area contributed by atoms with E-state index in [0.717, 1.165) is 17.0 Å². The van der Waals surface area contributed by atoms with Crippen LogP contribution in [0.25, 0.3) is 17.4 Å². The van der Waals surface area contributed by atoms with E-state index in [2.05, 4.69) is 17.0 Å². The zero-order chi connectivity index (χ0) is 26.1. The van der Waals surface area contributed by atoms with E-state index in [4.69, 9.17) is 14.6 Å². The SMILES string of the molecule is CC[C@@H](C1=NN2C(=N)/C(=C\c3ccc(-c4ccc(OC)cc4[N+](=O)[O-])o3)C(=O)N=C2S1)c1ccccc1. The van der Waals surface area contributed by atoms with Crippen LogP contribution in [0, 0.1) is 15.5 Å². The number of carbonyl (C=O) groups excluding carboxylic acids is 1. The molecule has 0 aliphatic carbocycles. The Morgan fingerprint density at radius 2 is 2.00 bits per heavy atom. The number of furan rings is 1. The van der Waals surface area contributed by atoms with Crippen LogP contribution in [-0.4, -0.2) is 39.0 Å². The first-order valence-electron chi connectivity index (χ1n) is 11.4. The normalized spacial score (nSPS) is 16.9. The maximum Gasteiger partial charge on any atom is 0.284 e. The van der Waals surface area contributed by atoms with Crippen LogP contribution >= 0.6 is 11.8 Å². The topological polar surface area (TPSA) is 134 Å². The molecule has 37 heavy (non-hydrogen) atoms. The molecule has 2 aromatic carbocycles. The highest BCUT2D eigenvalue weighted by molar-refractivity contribution is 8.27. The van der Waals surface area contributed by atoms with E-state index in [0.29, 0.717) is 10.9 Å². The lowest BCUT2D eigenvalue weighted by Crippen LogP contribution is -2.35. The number of nitrogens with zero attached hydrogens (tertiary/aromatic N) is 4. The highest BCUT2D eigenvalue weighted by Gasteiger charge is 2.38. The number of nitro benzene ring substituents is 1. The zero-order valence-electron chi connectivity index (χ0n) is 19.9. The van der Waals surface area contributed by atoms with Gasteiger partial charge in [0.15, 0.2) is 5.84 Å². The Bertz CT molecular complexity index is 1510. The first-order valence-corrected chi connectivity index (χ1v) is 12.2. The van der Waals surface area contributed by atoms with Crippen molar-refractivity contribution in [3.8, 4) is 17.1 Å². The van der Waals surface area contributed by atoms with Crippen LogP contribution in [-0.2, 0) is 4.79 Å². The van der Waals surface area contributed by atoms with E-state index in [-0.39, 0.29) is 40.1 Å². The van der Waals surface area contributed by atoms with E-state index in [1.807, 2.05) is 30.3 Å². The van der Waals surface area contributed by atoms with E-state index < -0.39 is 10.8 Å². The number of fused-ring (bicyclic) bond motifs is 1. The molecule has 0 fully saturated rings. The van der Waals surface area contributed by atoms with E-state index in [1.165, 1.54) is 42.1 Å². The van der Waals surface area contributed by atoms with E-state index in [9.17, 15) is 14.9 Å². The molecule has 0 unspecified atom stereocenters. The molecule has 2 aliphatic heterocycles. The predicted molar refractivity (Wildman–Crippen MR) is 142 cm³/mol. The van der Waals surface area contributed by atoms with Crippen molar-refractivity contribution in [3.63, 3.8) is 0 Å². The fourth-order valence-electron chi connectivity index (χ4n) is 4.10. The van der Waals surface area contributed by atoms with Crippen LogP contribution in [0.1, 0.15) is 30.6 Å². The summed E-state index contributed by atoms with van der Waals surface area (Å²) in [7, 11) is 1.43. The second-order valence-electron chi connectivity index (χ2n) is 8.17. The molecular formula is C26H21N5O5S. The number of amides is 1. The summed E-state index contributed by atoms with van der Waals surface area (Å²) in [5.41, 5.74) is 1.19. The molecule has 0 saturated carbocycles. The number of methoxy groups -OCH3 is 1. The van der Waals surface area contributed by atoms with Crippen LogP contribution in [0.5, 0.6) is 5.75 Å². The van der Waals surface area contributed by atoms with Crippen LogP contribution in [0.3, 0.4) is 0 Å². The van der Waals surface area contributed by atoms with Gasteiger partial charge in [0.05, 0.1) is 29.2 Å². The molecule has 0 saturated heterocycles. The van der Waals surface area contributed by atoms with Crippen LogP contribution < -0.4 is 4.74 Å². The van der Waals surface area contributed by atoms with Gasteiger partial charge >= 0.3 is 0 Å². The van der Waals surface area contributed by atoms with Gasteiger partial charge in [0.2, 0.25) is 5.17 Å². The lowest BCUT2D eigenvalue weighted by atomic mass is 9.98. The Labute approximate surface area is 216 Å². The number of rotatable bonds is 7. The minimum absolute atomic E-state index is 0.00670. The largest absolute Gasteiger partial charge is 0.497 e. The van der Waals surface area contributed by atoms with Gasteiger partial charge in [-0.05, 0) is 54.1 Å². The van der Waals surface area contributed by atoms with Gasteiger partial charge in [0.1, 0.15) is 22.3 Å². The number of benzene rings is 2. The summed E-state index contributed by atoms with van der Waals surface area (Å²) in [6.45, 7) is 2.06. The monoisotopic (exact) mass is 515 g/mol. The number of amidine groups is 2. The first-order chi connectivity index (χ1) is 17.9. The van der Waals surface area contributed by atoms with Crippen molar-refractivity contribution in [2.75, 3.05) is 7.11 Å². The van der Waals surface area contributed by atoms with Gasteiger partial charge in [-0.25, -0.2) is 0 Å². The molecule has 3 heterocycles. The molecule has 10 nitrogen and oxygen atoms in total. The molecule has 5 rings (SSSR count). The molecule has 3 aromatic rings. The number of hydrogen-bond acceptors (Lipinski definition) is 8. The maximum absolute atomic E-state index is 12.8.